The number of β-amino-alcohol motifs (C(OH)–C–C–N with tert-alkyl or cyclic N) is 1. The van der Waals surface area contributed by atoms with Gasteiger partial charge in [0, 0.05) is 20.1 Å². The van der Waals surface area contributed by atoms with E-state index in [1.54, 1.807) is 7.05 Å². The summed E-state index contributed by atoms with van der Waals surface area (Å²) in [5, 5.41) is 9.91. The second kappa shape index (κ2) is 4.63. The molecule has 1 N–H and O–H groups in total. The van der Waals surface area contributed by atoms with Crippen molar-refractivity contribution in [3.05, 3.63) is 12.7 Å². The molecule has 1 fully saturated rings. The van der Waals surface area contributed by atoms with Crippen LogP contribution in [0.2, 0.25) is 0 Å². The van der Waals surface area contributed by atoms with E-state index in [-0.39, 0.29) is 6.61 Å². The maximum atomic E-state index is 11.3. The number of likely N-dealkylation sites (N-methyl/N-ethyl adjacent to an activating group) is 2. The molecule has 1 amide bonds. The molecule has 0 bridgehead atoms. The zero-order valence-electron chi connectivity index (χ0n) is 9.27. The van der Waals surface area contributed by atoms with Crippen molar-refractivity contribution in [1.29, 1.82) is 0 Å². The predicted octanol–water partition coefficient (Wildman–Crippen LogP) is -0.0827. The lowest BCUT2D eigenvalue weighted by molar-refractivity contribution is -0.0977. The van der Waals surface area contributed by atoms with E-state index < -0.39 is 11.7 Å². The molecule has 5 nitrogen and oxygen atoms in total. The fraction of sp³-hybridized carbons (Fsp3) is 0.700. The highest BCUT2D eigenvalue weighted by Crippen LogP contribution is 2.19. The van der Waals surface area contributed by atoms with Crippen LogP contribution in [0.5, 0.6) is 0 Å². The van der Waals surface area contributed by atoms with E-state index in [1.807, 2.05) is 11.9 Å². The molecule has 86 valence electrons. The SMILES string of the molecule is C=CCOC(=O)N(C)CC1(O)CN(C)C1. The van der Waals surface area contributed by atoms with Crippen LogP contribution in [0.25, 0.3) is 0 Å². The van der Waals surface area contributed by atoms with E-state index >= 15 is 0 Å². The zero-order chi connectivity index (χ0) is 11.5. The van der Waals surface area contributed by atoms with Crippen LogP contribution in [0, 0.1) is 0 Å². The Morgan fingerprint density at radius 1 is 1.73 bits per heavy atom. The highest BCUT2D eigenvalue weighted by atomic mass is 16.6. The van der Waals surface area contributed by atoms with Crippen molar-refractivity contribution in [2.75, 3.05) is 40.3 Å². The van der Waals surface area contributed by atoms with Crippen molar-refractivity contribution in [3.8, 4) is 0 Å². The van der Waals surface area contributed by atoms with Gasteiger partial charge in [-0.25, -0.2) is 4.79 Å². The van der Waals surface area contributed by atoms with E-state index in [2.05, 4.69) is 6.58 Å². The van der Waals surface area contributed by atoms with Crippen molar-refractivity contribution >= 4 is 6.09 Å². The Balaban J connectivity index is 2.31. The summed E-state index contributed by atoms with van der Waals surface area (Å²) < 4.78 is 4.84. The van der Waals surface area contributed by atoms with Crippen LogP contribution in [0.4, 0.5) is 4.79 Å². The number of carbonyl (C=O) groups excluding carboxylic acids is 1. The van der Waals surface area contributed by atoms with Crippen molar-refractivity contribution in [1.82, 2.24) is 9.80 Å². The Morgan fingerprint density at radius 3 is 2.80 bits per heavy atom. The van der Waals surface area contributed by atoms with E-state index in [9.17, 15) is 9.90 Å². The fourth-order valence-corrected chi connectivity index (χ4v) is 1.80. The fourth-order valence-electron chi connectivity index (χ4n) is 1.80. The molecular weight excluding hydrogens is 196 g/mol. The second-order valence-electron chi connectivity index (χ2n) is 4.12. The molecular formula is C10H18N2O3. The molecule has 1 aliphatic heterocycles. The number of rotatable bonds is 4. The highest BCUT2D eigenvalue weighted by Gasteiger charge is 2.40. The normalized spacial score (nSPS) is 19.1. The quantitative estimate of drug-likeness (QED) is 0.665. The van der Waals surface area contributed by atoms with Crippen molar-refractivity contribution in [2.45, 2.75) is 5.60 Å². The van der Waals surface area contributed by atoms with Crippen LogP contribution in [0.1, 0.15) is 0 Å². The Hall–Kier alpha value is -1.07. The molecule has 0 radical (unpaired) electrons. The number of aliphatic hydroxyl groups is 1. The summed E-state index contributed by atoms with van der Waals surface area (Å²) in [5.41, 5.74) is -0.781. The number of hydrogen-bond acceptors (Lipinski definition) is 4. The minimum absolute atomic E-state index is 0.196. The van der Waals surface area contributed by atoms with Gasteiger partial charge in [-0.3, -0.25) is 0 Å². The number of carbonyl (C=O) groups is 1. The van der Waals surface area contributed by atoms with E-state index in [1.165, 1.54) is 11.0 Å². The zero-order valence-corrected chi connectivity index (χ0v) is 9.27. The first-order chi connectivity index (χ1) is 6.97. The second-order valence-corrected chi connectivity index (χ2v) is 4.12. The maximum absolute atomic E-state index is 11.3. The van der Waals surface area contributed by atoms with Gasteiger partial charge in [0.05, 0.1) is 6.54 Å². The molecule has 0 unspecified atom stereocenters. The molecule has 1 rings (SSSR count). The number of hydrogen-bond donors (Lipinski definition) is 1. The average Bonchev–Trinajstić information content (AvgIpc) is 2.11. The third-order valence-electron chi connectivity index (χ3n) is 2.30. The van der Waals surface area contributed by atoms with E-state index in [0.29, 0.717) is 19.6 Å². The summed E-state index contributed by atoms with van der Waals surface area (Å²) in [6, 6.07) is 0. The molecule has 1 aliphatic rings. The first-order valence-corrected chi connectivity index (χ1v) is 4.86. The van der Waals surface area contributed by atoms with Gasteiger partial charge in [-0.15, -0.1) is 0 Å². The molecule has 1 heterocycles. The van der Waals surface area contributed by atoms with Gasteiger partial charge in [-0.2, -0.15) is 0 Å². The van der Waals surface area contributed by atoms with Crippen molar-refractivity contribution in [2.24, 2.45) is 0 Å². The van der Waals surface area contributed by atoms with Gasteiger partial charge in [0.1, 0.15) is 12.2 Å². The van der Waals surface area contributed by atoms with Gasteiger partial charge in [0.15, 0.2) is 0 Å². The standard InChI is InChI=1S/C10H18N2O3/c1-4-5-15-9(13)12(3)8-10(14)6-11(2)7-10/h4,14H,1,5-8H2,2-3H3. The summed E-state index contributed by atoms with van der Waals surface area (Å²) in [6.45, 7) is 5.13. The Labute approximate surface area is 89.9 Å². The highest BCUT2D eigenvalue weighted by molar-refractivity contribution is 5.67. The lowest BCUT2D eigenvalue weighted by Gasteiger charge is -2.45. The molecule has 5 heteroatoms. The number of nitrogens with zero attached hydrogens (tertiary/aromatic N) is 2. The van der Waals surface area contributed by atoms with Crippen molar-refractivity contribution < 1.29 is 14.6 Å². The molecule has 0 aromatic carbocycles. The van der Waals surface area contributed by atoms with E-state index in [0.717, 1.165) is 0 Å². The minimum Gasteiger partial charge on any atom is -0.445 e. The van der Waals surface area contributed by atoms with Crippen LogP contribution < -0.4 is 0 Å². The van der Waals surface area contributed by atoms with Crippen LogP contribution in [-0.2, 0) is 4.74 Å². The molecule has 1 saturated heterocycles. The smallest absolute Gasteiger partial charge is 0.409 e. The topological polar surface area (TPSA) is 53.0 Å². The lowest BCUT2D eigenvalue weighted by atomic mass is 9.95. The number of likely N-dealkylation sites (tertiary alicyclic amines) is 1. The maximum Gasteiger partial charge on any atom is 0.409 e. The summed E-state index contributed by atoms with van der Waals surface area (Å²) >= 11 is 0. The van der Waals surface area contributed by atoms with Crippen LogP contribution in [-0.4, -0.2) is 66.9 Å². The van der Waals surface area contributed by atoms with Crippen LogP contribution >= 0.6 is 0 Å². The third-order valence-corrected chi connectivity index (χ3v) is 2.30. The van der Waals surface area contributed by atoms with Gasteiger partial charge in [-0.05, 0) is 7.05 Å². The molecule has 0 aliphatic carbocycles. The van der Waals surface area contributed by atoms with E-state index in [4.69, 9.17) is 4.74 Å². The molecule has 0 spiro atoms. The summed E-state index contributed by atoms with van der Waals surface area (Å²) in [5.74, 6) is 0. The minimum atomic E-state index is -0.781. The molecule has 0 atom stereocenters. The van der Waals surface area contributed by atoms with Gasteiger partial charge < -0.3 is 19.6 Å². The lowest BCUT2D eigenvalue weighted by Crippen LogP contribution is -2.64. The van der Waals surface area contributed by atoms with Crippen molar-refractivity contribution in [3.63, 3.8) is 0 Å². The first-order valence-electron chi connectivity index (χ1n) is 4.86. The predicted molar refractivity (Wildman–Crippen MR) is 56.6 cm³/mol. The number of amides is 1. The Morgan fingerprint density at radius 2 is 2.33 bits per heavy atom. The number of ether oxygens (including phenoxy) is 1. The first kappa shape index (κ1) is 12.0. The largest absolute Gasteiger partial charge is 0.445 e. The van der Waals surface area contributed by atoms with Crippen LogP contribution in [0.3, 0.4) is 0 Å². The van der Waals surface area contributed by atoms with Gasteiger partial charge in [-0.1, -0.05) is 12.7 Å². The molecule has 0 aromatic rings. The average molecular weight is 214 g/mol. The summed E-state index contributed by atoms with van der Waals surface area (Å²) in [4.78, 5) is 14.7. The Kier molecular flexibility index (Phi) is 3.71. The third kappa shape index (κ3) is 3.21. The van der Waals surface area contributed by atoms with Gasteiger partial charge >= 0.3 is 6.09 Å². The molecule has 0 aromatic heterocycles. The molecule has 15 heavy (non-hydrogen) atoms. The van der Waals surface area contributed by atoms with Gasteiger partial charge in [0.2, 0.25) is 0 Å². The Bertz CT molecular complexity index is 249. The summed E-state index contributed by atoms with van der Waals surface area (Å²) in [6.07, 6.45) is 1.08. The molecule has 0 saturated carbocycles. The van der Waals surface area contributed by atoms with Gasteiger partial charge in [0.25, 0.3) is 0 Å². The monoisotopic (exact) mass is 214 g/mol. The van der Waals surface area contributed by atoms with Crippen LogP contribution in [0.15, 0.2) is 12.7 Å². The summed E-state index contributed by atoms with van der Waals surface area (Å²) in [7, 11) is 3.53.